The molecule has 0 N–H and O–H groups in total. The summed E-state index contributed by atoms with van der Waals surface area (Å²) in [6.45, 7) is 1.23. The molecule has 258 valence electrons. The molecule has 3 heterocycles. The lowest BCUT2D eigenvalue weighted by Gasteiger charge is -2.51. The van der Waals surface area contributed by atoms with Gasteiger partial charge in [-0.05, 0) is 47.2 Å². The summed E-state index contributed by atoms with van der Waals surface area (Å²) in [4.78, 5) is 31.8. The number of para-hydroxylation sites is 2. The van der Waals surface area contributed by atoms with Crippen LogP contribution in [0.25, 0.3) is 21.5 Å². The van der Waals surface area contributed by atoms with Crippen molar-refractivity contribution in [3.05, 3.63) is 157 Å². The second-order valence-electron chi connectivity index (χ2n) is 13.2. The van der Waals surface area contributed by atoms with Crippen LogP contribution in [-0.4, -0.2) is 60.1 Å². The number of amides is 2. The van der Waals surface area contributed by atoms with E-state index >= 15 is 0 Å². The van der Waals surface area contributed by atoms with E-state index in [1.807, 2.05) is 146 Å². The Morgan fingerprint density at radius 3 is 1.37 bits per heavy atom. The van der Waals surface area contributed by atoms with Gasteiger partial charge in [0.1, 0.15) is 48.3 Å². The number of carbonyl (C=O) groups excluding carboxylic acids is 2. The van der Waals surface area contributed by atoms with Gasteiger partial charge in [-0.2, -0.15) is 0 Å². The number of ether oxygens (including phenoxy) is 4. The number of benzene rings is 6. The van der Waals surface area contributed by atoms with Crippen molar-refractivity contribution < 1.29 is 28.5 Å². The Morgan fingerprint density at radius 1 is 0.481 bits per heavy atom. The fourth-order valence-corrected chi connectivity index (χ4v) is 7.63. The van der Waals surface area contributed by atoms with Crippen LogP contribution in [0.1, 0.15) is 23.2 Å². The monoisotopic (exact) mass is 688 g/mol. The number of fused-ring (bicyclic) bond motifs is 8. The van der Waals surface area contributed by atoms with Gasteiger partial charge in [0, 0.05) is 35.0 Å². The number of hydrogen-bond donors (Lipinski definition) is 0. The predicted molar refractivity (Wildman–Crippen MR) is 199 cm³/mol. The third-order valence-corrected chi connectivity index (χ3v) is 10.2. The van der Waals surface area contributed by atoms with Crippen molar-refractivity contribution in [3.8, 4) is 23.0 Å². The van der Waals surface area contributed by atoms with Crippen LogP contribution in [0.15, 0.2) is 146 Å². The van der Waals surface area contributed by atoms with E-state index in [1.165, 1.54) is 0 Å². The maximum atomic E-state index is 14.1. The lowest BCUT2D eigenvalue weighted by atomic mass is 9.88. The smallest absolute Gasteiger partial charge is 0.266 e. The first kappa shape index (κ1) is 31.7. The number of carbonyl (C=O) groups is 2. The Balaban J connectivity index is 1.07. The molecule has 4 atom stereocenters. The highest BCUT2D eigenvalue weighted by Crippen LogP contribution is 2.45. The van der Waals surface area contributed by atoms with Gasteiger partial charge in [0.05, 0.1) is 0 Å². The number of rotatable bonds is 4. The molecule has 2 fully saturated rings. The summed E-state index contributed by atoms with van der Waals surface area (Å²) in [6.07, 6.45) is 2.30. The van der Waals surface area contributed by atoms with Crippen LogP contribution in [0, 0.1) is 0 Å². The zero-order chi connectivity index (χ0) is 35.0. The number of β-lactam (4-membered cyclic amide) rings is 2. The SMILES string of the molecule is O=C1[C@@H](Oc2cccc3ccccc23)[C@H]2c3ccccc3OC/C=C/COc3ccccc3[C@H]3[C@@H](Oc4cccc5ccccc45)C(=O)N3CCN12. The van der Waals surface area contributed by atoms with Crippen LogP contribution in [0.3, 0.4) is 0 Å². The minimum absolute atomic E-state index is 0.148. The van der Waals surface area contributed by atoms with Crippen LogP contribution in [0.5, 0.6) is 23.0 Å². The molecule has 0 aromatic heterocycles. The van der Waals surface area contributed by atoms with Gasteiger partial charge in [-0.25, -0.2) is 0 Å². The number of nitrogens with zero attached hydrogens (tertiary/aromatic N) is 2. The molecule has 52 heavy (non-hydrogen) atoms. The van der Waals surface area contributed by atoms with Gasteiger partial charge in [0.2, 0.25) is 12.2 Å². The third-order valence-electron chi connectivity index (χ3n) is 10.2. The van der Waals surface area contributed by atoms with Gasteiger partial charge in [-0.3, -0.25) is 9.59 Å². The van der Waals surface area contributed by atoms with Crippen molar-refractivity contribution in [1.82, 2.24) is 9.80 Å². The fourth-order valence-electron chi connectivity index (χ4n) is 7.63. The van der Waals surface area contributed by atoms with Crippen molar-refractivity contribution in [3.63, 3.8) is 0 Å². The quantitative estimate of drug-likeness (QED) is 0.140. The van der Waals surface area contributed by atoms with E-state index in [4.69, 9.17) is 18.9 Å². The molecule has 3 aliphatic heterocycles. The van der Waals surface area contributed by atoms with Gasteiger partial charge in [-0.15, -0.1) is 0 Å². The van der Waals surface area contributed by atoms with Gasteiger partial charge in [0.25, 0.3) is 11.8 Å². The Hall–Kier alpha value is -6.28. The molecule has 0 radical (unpaired) electrons. The Bertz CT molecular complexity index is 2160. The highest BCUT2D eigenvalue weighted by atomic mass is 16.5. The second-order valence-corrected chi connectivity index (χ2v) is 13.2. The molecule has 2 saturated heterocycles. The van der Waals surface area contributed by atoms with E-state index in [2.05, 4.69) is 0 Å². The molecule has 2 amide bonds. The molecule has 8 nitrogen and oxygen atoms in total. The van der Waals surface area contributed by atoms with Crippen molar-refractivity contribution in [2.24, 2.45) is 0 Å². The molecule has 0 spiro atoms. The third kappa shape index (κ3) is 5.57. The predicted octanol–water partition coefficient (Wildman–Crippen LogP) is 7.68. The van der Waals surface area contributed by atoms with Crippen molar-refractivity contribution >= 4 is 33.4 Å². The lowest BCUT2D eigenvalue weighted by Crippen LogP contribution is -2.66. The Morgan fingerprint density at radius 2 is 0.885 bits per heavy atom. The Kier molecular flexibility index (Phi) is 8.20. The summed E-state index contributed by atoms with van der Waals surface area (Å²) in [5.74, 6) is 2.33. The van der Waals surface area contributed by atoms with Crippen molar-refractivity contribution in [2.75, 3.05) is 26.3 Å². The van der Waals surface area contributed by atoms with Crippen molar-refractivity contribution in [1.29, 1.82) is 0 Å². The lowest BCUT2D eigenvalue weighted by molar-refractivity contribution is -0.172. The first-order valence-electron chi connectivity index (χ1n) is 17.6. The zero-order valence-corrected chi connectivity index (χ0v) is 28.3. The molecular formula is C44H36N2O6. The van der Waals surface area contributed by atoms with Gasteiger partial charge in [-0.1, -0.05) is 109 Å². The van der Waals surface area contributed by atoms with E-state index in [9.17, 15) is 9.59 Å². The molecule has 0 aliphatic carbocycles. The largest absolute Gasteiger partial charge is 0.489 e. The van der Waals surface area contributed by atoms with E-state index in [0.29, 0.717) is 49.3 Å². The summed E-state index contributed by atoms with van der Waals surface area (Å²) < 4.78 is 25.7. The summed E-state index contributed by atoms with van der Waals surface area (Å²) in [5.41, 5.74) is 1.69. The summed E-state index contributed by atoms with van der Waals surface area (Å²) in [6, 6.07) is 42.4. The molecule has 3 aliphatic rings. The molecule has 9 rings (SSSR count). The molecule has 6 aromatic rings. The van der Waals surface area contributed by atoms with Crippen molar-refractivity contribution in [2.45, 2.75) is 24.3 Å². The standard InChI is InChI=1S/C44H36N2O6/c47-43-41(51-37-23-11-15-29-13-1-3-17-31(29)37)39-33-19-5-7-21-35(33)49-27-9-10-28-50-36-22-8-6-20-34(36)40-42(44(48)46(40)26-25-45(39)43)52-38-24-12-16-30-14-2-4-18-32(30)38/h1-24,39-42H,25-28H2/b10-9+/t39-,40+,41+,42-. The van der Waals surface area contributed by atoms with Crippen LogP contribution in [-0.2, 0) is 9.59 Å². The average molecular weight is 689 g/mol. The molecule has 0 bridgehead atoms. The van der Waals surface area contributed by atoms with Crippen LogP contribution < -0.4 is 18.9 Å². The van der Waals surface area contributed by atoms with E-state index < -0.39 is 24.3 Å². The van der Waals surface area contributed by atoms with Crippen LogP contribution in [0.2, 0.25) is 0 Å². The molecule has 0 unspecified atom stereocenters. The fraction of sp³-hybridized carbons (Fsp3) is 0.182. The maximum absolute atomic E-state index is 14.1. The Labute approximate surface area is 301 Å². The van der Waals surface area contributed by atoms with Gasteiger partial charge in [0.15, 0.2) is 0 Å². The highest BCUT2D eigenvalue weighted by molar-refractivity contribution is 5.93. The second kappa shape index (κ2) is 13.5. The van der Waals surface area contributed by atoms with Crippen LogP contribution >= 0.6 is 0 Å². The summed E-state index contributed by atoms with van der Waals surface area (Å²) >= 11 is 0. The van der Waals surface area contributed by atoms with Crippen LogP contribution in [0.4, 0.5) is 0 Å². The van der Waals surface area contributed by atoms with E-state index in [0.717, 1.165) is 32.7 Å². The normalized spacial score (nSPS) is 22.0. The molecular weight excluding hydrogens is 652 g/mol. The van der Waals surface area contributed by atoms with Gasteiger partial charge >= 0.3 is 0 Å². The maximum Gasteiger partial charge on any atom is 0.266 e. The molecule has 8 heteroatoms. The topological polar surface area (TPSA) is 77.5 Å². The molecule has 6 aromatic carbocycles. The van der Waals surface area contributed by atoms with Gasteiger partial charge < -0.3 is 28.7 Å². The first-order chi connectivity index (χ1) is 25.7. The molecule has 0 saturated carbocycles. The summed E-state index contributed by atoms with van der Waals surface area (Å²) in [5, 5.41) is 3.94. The zero-order valence-electron chi connectivity index (χ0n) is 28.3. The average Bonchev–Trinajstić information content (AvgIpc) is 3.19. The minimum atomic E-state index is -0.774. The minimum Gasteiger partial charge on any atom is -0.489 e. The number of hydrogen-bond acceptors (Lipinski definition) is 6. The van der Waals surface area contributed by atoms with E-state index in [-0.39, 0.29) is 11.8 Å². The highest BCUT2D eigenvalue weighted by Gasteiger charge is 2.54. The summed E-state index contributed by atoms with van der Waals surface area (Å²) in [7, 11) is 0. The first-order valence-corrected chi connectivity index (χ1v) is 17.6. The van der Waals surface area contributed by atoms with E-state index in [1.54, 1.807) is 9.80 Å².